The van der Waals surface area contributed by atoms with Gasteiger partial charge in [0.25, 0.3) is 0 Å². The van der Waals surface area contributed by atoms with Crippen LogP contribution in [0.5, 0.6) is 0 Å². The average molecular weight is 613 g/mol. The van der Waals surface area contributed by atoms with Crippen LogP contribution < -0.4 is 0 Å². The highest BCUT2D eigenvalue weighted by molar-refractivity contribution is 6.16. The van der Waals surface area contributed by atoms with Crippen molar-refractivity contribution in [3.8, 4) is 56.0 Å². The Morgan fingerprint density at radius 3 is 1.67 bits per heavy atom. The van der Waals surface area contributed by atoms with Gasteiger partial charge in [0.2, 0.25) is 0 Å². The van der Waals surface area contributed by atoms with Gasteiger partial charge in [-0.25, -0.2) is 9.97 Å². The minimum Gasteiger partial charge on any atom is -0.256 e. The fourth-order valence-corrected chi connectivity index (χ4v) is 6.60. The summed E-state index contributed by atoms with van der Waals surface area (Å²) in [6, 6.07) is 54.8. The zero-order valence-electron chi connectivity index (χ0n) is 26.0. The third-order valence-electron chi connectivity index (χ3n) is 8.94. The van der Waals surface area contributed by atoms with Gasteiger partial charge in [-0.3, -0.25) is 9.97 Å². The van der Waals surface area contributed by atoms with Crippen LogP contribution in [0.15, 0.2) is 170 Å². The largest absolute Gasteiger partial charge is 0.256 e. The first-order valence-electron chi connectivity index (χ1n) is 16.0. The summed E-state index contributed by atoms with van der Waals surface area (Å²) in [5.41, 5.74) is 13.3. The molecule has 0 bridgehead atoms. The van der Waals surface area contributed by atoms with Crippen LogP contribution in [0.3, 0.4) is 0 Å². The maximum atomic E-state index is 5.25. The van der Waals surface area contributed by atoms with Crippen LogP contribution in [-0.4, -0.2) is 19.9 Å². The first kappa shape index (κ1) is 27.8. The molecule has 9 rings (SSSR count). The van der Waals surface area contributed by atoms with E-state index in [1.807, 2.05) is 54.9 Å². The van der Waals surface area contributed by atoms with Gasteiger partial charge in [0.15, 0.2) is 0 Å². The first-order chi connectivity index (χ1) is 23.8. The van der Waals surface area contributed by atoms with E-state index in [0.29, 0.717) is 0 Å². The number of hydrogen-bond donors (Lipinski definition) is 0. The van der Waals surface area contributed by atoms with Crippen molar-refractivity contribution in [1.82, 2.24) is 19.9 Å². The van der Waals surface area contributed by atoms with E-state index in [4.69, 9.17) is 9.97 Å². The van der Waals surface area contributed by atoms with Gasteiger partial charge < -0.3 is 0 Å². The van der Waals surface area contributed by atoms with Crippen molar-refractivity contribution in [3.05, 3.63) is 170 Å². The minimum atomic E-state index is 0.903. The lowest BCUT2D eigenvalue weighted by Crippen LogP contribution is -1.93. The zero-order valence-corrected chi connectivity index (χ0v) is 26.0. The normalized spacial score (nSPS) is 11.3. The Hall–Kier alpha value is -6.52. The summed E-state index contributed by atoms with van der Waals surface area (Å²) in [5.74, 6) is 0. The Bertz CT molecular complexity index is 2520. The molecular formula is C44H28N4. The quantitative estimate of drug-likeness (QED) is 0.143. The molecule has 224 valence electrons. The number of fused-ring (bicyclic) bond motifs is 4. The number of benzene rings is 5. The van der Waals surface area contributed by atoms with Gasteiger partial charge in [-0.05, 0) is 71.3 Å². The summed E-state index contributed by atoms with van der Waals surface area (Å²) in [7, 11) is 0. The van der Waals surface area contributed by atoms with Gasteiger partial charge >= 0.3 is 0 Å². The highest BCUT2D eigenvalue weighted by Gasteiger charge is 2.15. The van der Waals surface area contributed by atoms with Crippen molar-refractivity contribution in [3.63, 3.8) is 0 Å². The lowest BCUT2D eigenvalue weighted by molar-refractivity contribution is 1.31. The molecule has 0 aliphatic rings. The van der Waals surface area contributed by atoms with Crippen molar-refractivity contribution >= 4 is 32.7 Å². The molecule has 0 fully saturated rings. The molecule has 0 unspecified atom stereocenters. The molecule has 0 radical (unpaired) electrons. The standard InChI is InChI=1S/C44H28N4/c1-2-10-31(11-3-1)42-36-12-4-5-15-41(36)48-44-37(42)22-20-32-21-23-40(47-43(32)44)30-18-16-29(17-19-30)33-26-34(38-13-6-8-24-45-38)28-35(27-33)39-14-7-9-25-46-39/h1-28H. The van der Waals surface area contributed by atoms with Gasteiger partial charge in [0.05, 0.1) is 33.6 Å². The molecule has 0 N–H and O–H groups in total. The van der Waals surface area contributed by atoms with E-state index >= 15 is 0 Å². The molecule has 4 heteroatoms. The minimum absolute atomic E-state index is 0.903. The fraction of sp³-hybridized carbons (Fsp3) is 0. The Morgan fingerprint density at radius 1 is 0.333 bits per heavy atom. The third kappa shape index (κ3) is 4.97. The van der Waals surface area contributed by atoms with E-state index in [0.717, 1.165) is 77.6 Å². The van der Waals surface area contributed by atoms with Crippen molar-refractivity contribution in [2.24, 2.45) is 0 Å². The molecule has 0 saturated carbocycles. The second-order valence-corrected chi connectivity index (χ2v) is 11.9. The van der Waals surface area contributed by atoms with Crippen LogP contribution in [0.1, 0.15) is 0 Å². The number of hydrogen-bond acceptors (Lipinski definition) is 4. The van der Waals surface area contributed by atoms with E-state index in [9.17, 15) is 0 Å². The highest BCUT2D eigenvalue weighted by atomic mass is 14.8. The van der Waals surface area contributed by atoms with Crippen LogP contribution in [-0.2, 0) is 0 Å². The van der Waals surface area contributed by atoms with Gasteiger partial charge in [0.1, 0.15) is 0 Å². The summed E-state index contributed by atoms with van der Waals surface area (Å²) < 4.78 is 0. The molecule has 4 nitrogen and oxygen atoms in total. The van der Waals surface area contributed by atoms with Gasteiger partial charge in [-0.2, -0.15) is 0 Å². The number of para-hydroxylation sites is 1. The van der Waals surface area contributed by atoms with E-state index in [2.05, 4.69) is 125 Å². The van der Waals surface area contributed by atoms with Gasteiger partial charge in [-0.1, -0.05) is 103 Å². The molecule has 0 spiro atoms. The van der Waals surface area contributed by atoms with Crippen LogP contribution in [0.2, 0.25) is 0 Å². The van der Waals surface area contributed by atoms with Crippen molar-refractivity contribution in [2.75, 3.05) is 0 Å². The Balaban J connectivity index is 1.16. The molecule has 4 aromatic heterocycles. The predicted octanol–water partition coefficient (Wildman–Crippen LogP) is 11.1. The second-order valence-electron chi connectivity index (χ2n) is 11.9. The molecule has 0 aliphatic carbocycles. The summed E-state index contributed by atoms with van der Waals surface area (Å²) in [4.78, 5) is 19.7. The van der Waals surface area contributed by atoms with Gasteiger partial charge in [-0.15, -0.1) is 0 Å². The SMILES string of the molecule is c1ccc(-c2c3ccccc3nc3c2ccc2ccc(-c4ccc(-c5cc(-c6ccccn6)cc(-c6ccccn6)c5)cc4)nc23)cc1. The summed E-state index contributed by atoms with van der Waals surface area (Å²) in [5, 5.41) is 3.31. The topological polar surface area (TPSA) is 51.6 Å². The molecule has 0 aliphatic heterocycles. The van der Waals surface area contributed by atoms with Crippen LogP contribution in [0, 0.1) is 0 Å². The van der Waals surface area contributed by atoms with Crippen LogP contribution >= 0.6 is 0 Å². The lowest BCUT2D eigenvalue weighted by Gasteiger charge is -2.13. The van der Waals surface area contributed by atoms with Crippen molar-refractivity contribution in [1.29, 1.82) is 0 Å². The van der Waals surface area contributed by atoms with E-state index in [1.165, 1.54) is 11.1 Å². The molecule has 0 atom stereocenters. The average Bonchev–Trinajstić information content (AvgIpc) is 3.17. The maximum absolute atomic E-state index is 5.25. The first-order valence-corrected chi connectivity index (χ1v) is 16.0. The highest BCUT2D eigenvalue weighted by Crippen LogP contribution is 2.38. The smallest absolute Gasteiger partial charge is 0.0978 e. The van der Waals surface area contributed by atoms with Crippen molar-refractivity contribution < 1.29 is 0 Å². The van der Waals surface area contributed by atoms with Crippen LogP contribution in [0.4, 0.5) is 0 Å². The number of nitrogens with zero attached hydrogens (tertiary/aromatic N) is 4. The molecule has 5 aromatic carbocycles. The summed E-state index contributed by atoms with van der Waals surface area (Å²) in [6.45, 7) is 0. The Kier molecular flexibility index (Phi) is 6.76. The van der Waals surface area contributed by atoms with E-state index < -0.39 is 0 Å². The molecule has 0 amide bonds. The lowest BCUT2D eigenvalue weighted by atomic mass is 9.94. The predicted molar refractivity (Wildman–Crippen MR) is 197 cm³/mol. The van der Waals surface area contributed by atoms with Crippen molar-refractivity contribution in [2.45, 2.75) is 0 Å². The van der Waals surface area contributed by atoms with Crippen LogP contribution in [0.25, 0.3) is 88.7 Å². The summed E-state index contributed by atoms with van der Waals surface area (Å²) >= 11 is 0. The zero-order chi connectivity index (χ0) is 31.9. The number of pyridine rings is 4. The number of rotatable bonds is 5. The molecule has 9 aromatic rings. The molecular weight excluding hydrogens is 585 g/mol. The maximum Gasteiger partial charge on any atom is 0.0978 e. The van der Waals surface area contributed by atoms with E-state index in [1.54, 1.807) is 0 Å². The summed E-state index contributed by atoms with van der Waals surface area (Å²) in [6.07, 6.45) is 3.66. The molecule has 48 heavy (non-hydrogen) atoms. The van der Waals surface area contributed by atoms with Gasteiger partial charge in [0, 0.05) is 50.8 Å². The molecule has 4 heterocycles. The Morgan fingerprint density at radius 2 is 0.958 bits per heavy atom. The Labute approximate surface area is 278 Å². The monoisotopic (exact) mass is 612 g/mol. The molecule has 0 saturated heterocycles. The fourth-order valence-electron chi connectivity index (χ4n) is 6.60. The third-order valence-corrected chi connectivity index (χ3v) is 8.94. The van der Waals surface area contributed by atoms with E-state index in [-0.39, 0.29) is 0 Å². The number of aromatic nitrogens is 4. The second kappa shape index (κ2) is 11.7.